The van der Waals surface area contributed by atoms with E-state index < -0.39 is 43.9 Å². The zero-order valence-corrected chi connectivity index (χ0v) is 20.0. The molecule has 1 fully saturated rings. The van der Waals surface area contributed by atoms with Gasteiger partial charge < -0.3 is 24.8 Å². The summed E-state index contributed by atoms with van der Waals surface area (Å²) in [7, 11) is -4.12. The van der Waals surface area contributed by atoms with E-state index in [1.165, 1.54) is 23.8 Å². The van der Waals surface area contributed by atoms with Crippen LogP contribution in [0.1, 0.15) is 33.4 Å². The Morgan fingerprint density at radius 1 is 1.32 bits per heavy atom. The second kappa shape index (κ2) is 11.1. The van der Waals surface area contributed by atoms with Gasteiger partial charge in [-0.15, -0.1) is 0 Å². The molecule has 12 nitrogen and oxygen atoms in total. The molecular weight excluding hydrogens is 467 g/mol. The van der Waals surface area contributed by atoms with Gasteiger partial charge in [-0.05, 0) is 39.0 Å². The maximum absolute atomic E-state index is 13.5. The molecule has 1 aromatic carbocycles. The summed E-state index contributed by atoms with van der Waals surface area (Å²) < 4.78 is 36.7. The second-order valence-corrected chi connectivity index (χ2v) is 9.70. The minimum Gasteiger partial charge on any atom is -0.462 e. The number of carbonyl (C=O) groups is 1. The smallest absolute Gasteiger partial charge is 0.459 e. The zero-order valence-electron chi connectivity index (χ0n) is 19.1. The molecule has 2 unspecified atom stereocenters. The molecule has 1 saturated heterocycles. The number of esters is 1. The van der Waals surface area contributed by atoms with Gasteiger partial charge in [-0.1, -0.05) is 18.2 Å². The minimum atomic E-state index is -4.12. The molecule has 0 saturated carbocycles. The van der Waals surface area contributed by atoms with Gasteiger partial charge in [0.05, 0.1) is 18.8 Å². The summed E-state index contributed by atoms with van der Waals surface area (Å²) in [6, 6.07) is 8.69. The number of nitrogen functional groups attached to an aromatic ring is 1. The zero-order chi connectivity index (χ0) is 24.9. The van der Waals surface area contributed by atoms with Gasteiger partial charge in [-0.3, -0.25) is 13.9 Å². The largest absolute Gasteiger partial charge is 0.462 e. The van der Waals surface area contributed by atoms with E-state index >= 15 is 0 Å². The number of nitrogens with two attached hydrogens (primary N) is 1. The number of rotatable bonds is 10. The molecule has 0 amide bonds. The Balaban J connectivity index is 1.71. The Kier molecular flexibility index (Phi) is 8.45. The molecule has 1 aliphatic heterocycles. The van der Waals surface area contributed by atoms with Crippen molar-refractivity contribution >= 4 is 19.5 Å². The Morgan fingerprint density at radius 2 is 2.03 bits per heavy atom. The Bertz CT molecular complexity index is 1080. The highest BCUT2D eigenvalue weighted by atomic mass is 31.2. The highest BCUT2D eigenvalue weighted by molar-refractivity contribution is 7.52. The van der Waals surface area contributed by atoms with Crippen LogP contribution in [-0.4, -0.2) is 51.6 Å². The first-order valence-electron chi connectivity index (χ1n) is 10.7. The molecule has 2 aromatic rings. The number of hydrogen-bond acceptors (Lipinski definition) is 10. The number of anilines is 1. The number of nitrogens with zero attached hydrogens (tertiary/aromatic N) is 2. The van der Waals surface area contributed by atoms with Gasteiger partial charge in [0.1, 0.15) is 29.9 Å². The van der Waals surface area contributed by atoms with Crippen LogP contribution in [0.5, 0.6) is 5.75 Å². The quantitative estimate of drug-likeness (QED) is 0.323. The average molecular weight is 496 g/mol. The summed E-state index contributed by atoms with van der Waals surface area (Å²) in [6.45, 7) is 4.50. The molecule has 1 aliphatic rings. The van der Waals surface area contributed by atoms with Crippen LogP contribution < -0.4 is 21.0 Å². The monoisotopic (exact) mass is 496 g/mol. The van der Waals surface area contributed by atoms with Crippen molar-refractivity contribution in [2.24, 2.45) is 0 Å². The number of hydrogen-bond donors (Lipinski definition) is 3. The Labute approximate surface area is 196 Å². The van der Waals surface area contributed by atoms with Crippen molar-refractivity contribution in [3.63, 3.8) is 0 Å². The predicted octanol–water partition coefficient (Wildman–Crippen LogP) is 1.61. The topological polar surface area (TPSA) is 164 Å². The molecule has 0 aliphatic carbocycles. The van der Waals surface area contributed by atoms with Crippen LogP contribution in [-0.2, 0) is 23.4 Å². The first-order chi connectivity index (χ1) is 16.1. The van der Waals surface area contributed by atoms with E-state index in [1.54, 1.807) is 44.2 Å². The first kappa shape index (κ1) is 25.9. The van der Waals surface area contributed by atoms with Crippen molar-refractivity contribution in [3.8, 4) is 5.75 Å². The van der Waals surface area contributed by atoms with Gasteiger partial charge in [0, 0.05) is 12.6 Å². The molecule has 0 bridgehead atoms. The van der Waals surface area contributed by atoms with E-state index in [4.69, 9.17) is 24.3 Å². The molecule has 13 heteroatoms. The SMILES string of the molecule is CC(C)OC(=O)[C@H](C)NP(=O)(OCC1O[C@@H](n2ccc(N)nc2=O)C[C@H]1O)Oc1ccccc1. The lowest BCUT2D eigenvalue weighted by atomic mass is 10.2. The van der Waals surface area contributed by atoms with E-state index in [2.05, 4.69) is 10.1 Å². The first-order valence-corrected chi connectivity index (χ1v) is 12.3. The van der Waals surface area contributed by atoms with Gasteiger partial charge in [-0.2, -0.15) is 10.1 Å². The Hall–Kier alpha value is -2.76. The van der Waals surface area contributed by atoms with Gasteiger partial charge in [0.15, 0.2) is 0 Å². The van der Waals surface area contributed by atoms with Crippen molar-refractivity contribution < 1.29 is 33.0 Å². The molecule has 34 heavy (non-hydrogen) atoms. The number of benzene rings is 1. The maximum atomic E-state index is 13.5. The highest BCUT2D eigenvalue weighted by Gasteiger charge is 2.39. The van der Waals surface area contributed by atoms with Gasteiger partial charge in [0.2, 0.25) is 0 Å². The number of carbonyl (C=O) groups excluding carboxylic acids is 1. The summed E-state index contributed by atoms with van der Waals surface area (Å²) >= 11 is 0. The van der Waals surface area contributed by atoms with Crippen molar-refractivity contribution in [2.45, 2.75) is 57.8 Å². The third-order valence-electron chi connectivity index (χ3n) is 4.80. The van der Waals surface area contributed by atoms with Crippen molar-refractivity contribution in [1.82, 2.24) is 14.6 Å². The van der Waals surface area contributed by atoms with Crippen molar-refractivity contribution in [1.29, 1.82) is 0 Å². The molecule has 2 heterocycles. The maximum Gasteiger partial charge on any atom is 0.459 e. The molecule has 0 radical (unpaired) electrons. The van der Waals surface area contributed by atoms with Crippen LogP contribution in [0.4, 0.5) is 5.82 Å². The molecular formula is C21H29N4O8P. The fourth-order valence-electron chi connectivity index (χ4n) is 3.19. The van der Waals surface area contributed by atoms with Gasteiger partial charge >= 0.3 is 19.4 Å². The van der Waals surface area contributed by atoms with Crippen LogP contribution in [0.25, 0.3) is 0 Å². The number of aromatic nitrogens is 2. The fourth-order valence-corrected chi connectivity index (χ4v) is 4.69. The lowest BCUT2D eigenvalue weighted by Crippen LogP contribution is -2.37. The lowest BCUT2D eigenvalue weighted by molar-refractivity contribution is -0.149. The number of para-hydroxylation sites is 1. The van der Waals surface area contributed by atoms with E-state index in [0.717, 1.165) is 0 Å². The number of nitrogens with one attached hydrogen (secondary N) is 1. The van der Waals surface area contributed by atoms with Gasteiger partial charge in [-0.25, -0.2) is 9.36 Å². The third kappa shape index (κ3) is 6.87. The summed E-state index contributed by atoms with van der Waals surface area (Å²) in [4.78, 5) is 27.9. The normalized spacial score (nSPS) is 22.8. The van der Waals surface area contributed by atoms with Crippen LogP contribution >= 0.6 is 7.75 Å². The molecule has 0 spiro atoms. The molecule has 3 rings (SSSR count). The molecule has 4 N–H and O–H groups in total. The predicted molar refractivity (Wildman–Crippen MR) is 122 cm³/mol. The number of aliphatic hydroxyl groups is 1. The van der Waals surface area contributed by atoms with Gasteiger partial charge in [0.25, 0.3) is 0 Å². The van der Waals surface area contributed by atoms with Crippen molar-refractivity contribution in [2.75, 3.05) is 12.3 Å². The summed E-state index contributed by atoms with van der Waals surface area (Å²) in [5.74, 6) is -0.328. The fraction of sp³-hybridized carbons (Fsp3) is 0.476. The van der Waals surface area contributed by atoms with E-state index in [1.807, 2.05) is 0 Å². The van der Waals surface area contributed by atoms with Crippen LogP contribution in [0.3, 0.4) is 0 Å². The highest BCUT2D eigenvalue weighted by Crippen LogP contribution is 2.45. The number of ether oxygens (including phenoxy) is 2. The summed E-state index contributed by atoms with van der Waals surface area (Å²) in [6.07, 6.45) is -1.64. The van der Waals surface area contributed by atoms with Crippen LogP contribution in [0.15, 0.2) is 47.4 Å². The molecule has 186 valence electrons. The molecule has 5 atom stereocenters. The summed E-state index contributed by atoms with van der Waals surface area (Å²) in [5.41, 5.74) is 4.88. The van der Waals surface area contributed by atoms with Crippen molar-refractivity contribution in [3.05, 3.63) is 53.1 Å². The minimum absolute atomic E-state index is 0.0647. The second-order valence-electron chi connectivity index (χ2n) is 8.01. The van der Waals surface area contributed by atoms with E-state index in [9.17, 15) is 19.3 Å². The molecule has 1 aromatic heterocycles. The standard InChI is InChI=1S/C21H29N4O8P/c1-13(2)31-20(27)14(3)24-34(29,33-15-7-5-4-6-8-15)30-12-17-16(26)11-19(32-17)25-10-9-18(22)23-21(25)28/h4-10,13-14,16-17,19,26H,11-12H2,1-3H3,(H,24,29)(H2,22,23,28)/t14-,16+,17?,19+,34?/m0/s1. The average Bonchev–Trinajstić information content (AvgIpc) is 3.12. The van der Waals surface area contributed by atoms with Crippen LogP contribution in [0.2, 0.25) is 0 Å². The Morgan fingerprint density at radius 3 is 2.68 bits per heavy atom. The van der Waals surface area contributed by atoms with E-state index in [-0.39, 0.29) is 30.7 Å². The lowest BCUT2D eigenvalue weighted by Gasteiger charge is -2.25. The third-order valence-corrected chi connectivity index (χ3v) is 6.44. The van der Waals surface area contributed by atoms with Crippen LogP contribution in [0, 0.1) is 0 Å². The number of aliphatic hydroxyl groups excluding tert-OH is 1. The summed E-state index contributed by atoms with van der Waals surface area (Å²) in [5, 5.41) is 13.0. The van der Waals surface area contributed by atoms with E-state index in [0.29, 0.717) is 0 Å².